The van der Waals surface area contributed by atoms with Gasteiger partial charge in [0.15, 0.2) is 11.0 Å². The third kappa shape index (κ3) is 4.77. The summed E-state index contributed by atoms with van der Waals surface area (Å²) in [5.41, 5.74) is -2.41. The molecule has 11 nitrogen and oxygen atoms in total. The molecule has 0 aromatic carbocycles. The molecule has 0 amide bonds. The summed E-state index contributed by atoms with van der Waals surface area (Å²) < 4.78 is 53.0. The van der Waals surface area contributed by atoms with Gasteiger partial charge < -0.3 is 14.6 Å². The van der Waals surface area contributed by atoms with Crippen LogP contribution in [0.3, 0.4) is 0 Å². The maximum absolute atomic E-state index is 13.4. The minimum atomic E-state index is -4.44. The predicted octanol–water partition coefficient (Wildman–Crippen LogP) is 1.93. The minimum Gasteiger partial charge on any atom is -0.461 e. The Balaban J connectivity index is 1.53. The van der Waals surface area contributed by atoms with Crippen molar-refractivity contribution >= 4 is 25.9 Å². The lowest BCUT2D eigenvalue weighted by Crippen LogP contribution is -2.49. The lowest BCUT2D eigenvalue weighted by Gasteiger charge is -2.36. The largest absolute Gasteiger partial charge is 0.461 e. The van der Waals surface area contributed by atoms with Crippen LogP contribution in [0, 0.1) is 4.77 Å². The molecule has 3 N–H and O–H groups in total. The van der Waals surface area contributed by atoms with Crippen LogP contribution in [-0.2, 0) is 27.9 Å². The molecule has 1 aliphatic carbocycles. The number of hydrogen-bond acceptors (Lipinski definition) is 9. The van der Waals surface area contributed by atoms with E-state index in [9.17, 15) is 19.3 Å². The Hall–Kier alpha value is -1.40. The molecule has 3 aliphatic rings. The smallest absolute Gasteiger partial charge is 0.406 e. The van der Waals surface area contributed by atoms with E-state index >= 15 is 0 Å². The number of H-pyrrole nitrogens is 1. The summed E-state index contributed by atoms with van der Waals surface area (Å²) in [5, 5.41) is 13.7. The van der Waals surface area contributed by atoms with Crippen molar-refractivity contribution in [2.45, 2.75) is 82.1 Å². The third-order valence-corrected chi connectivity index (χ3v) is 7.68. The number of ether oxygens (including phenoxy) is 2. The Morgan fingerprint density at radius 2 is 2.22 bits per heavy atom. The Bertz CT molecular complexity index is 1110. The van der Waals surface area contributed by atoms with Gasteiger partial charge in [0.2, 0.25) is 0 Å². The van der Waals surface area contributed by atoms with Gasteiger partial charge in [-0.25, -0.2) is 9.65 Å². The summed E-state index contributed by atoms with van der Waals surface area (Å²) >= 11 is 5.13. The van der Waals surface area contributed by atoms with Crippen LogP contribution in [-0.4, -0.2) is 57.1 Å². The molecule has 13 heteroatoms. The van der Waals surface area contributed by atoms with E-state index in [0.717, 1.165) is 38.2 Å². The van der Waals surface area contributed by atoms with Crippen molar-refractivity contribution in [3.8, 4) is 0 Å². The second-order valence-corrected chi connectivity index (χ2v) is 10.5. The highest BCUT2D eigenvalue weighted by molar-refractivity contribution is 7.71. The van der Waals surface area contributed by atoms with Crippen LogP contribution in [0.1, 0.15) is 54.9 Å². The molecule has 2 aliphatic heterocycles. The molecule has 3 fully saturated rings. The number of rotatable bonds is 5. The van der Waals surface area contributed by atoms with Gasteiger partial charge in [-0.3, -0.25) is 28.2 Å². The Morgan fingerprint density at radius 3 is 2.91 bits per heavy atom. The Labute approximate surface area is 192 Å². The zero-order valence-electron chi connectivity index (χ0n) is 19.7. The van der Waals surface area contributed by atoms with Gasteiger partial charge in [0, 0.05) is 12.3 Å². The van der Waals surface area contributed by atoms with Gasteiger partial charge in [-0.05, 0) is 51.7 Å². The minimum absolute atomic E-state index is 0.0710. The summed E-state index contributed by atoms with van der Waals surface area (Å²) in [7, 11) is -4.44. The first-order valence-corrected chi connectivity index (χ1v) is 12.4. The van der Waals surface area contributed by atoms with Crippen LogP contribution in [0.25, 0.3) is 0 Å². The van der Waals surface area contributed by atoms with E-state index in [1.807, 2.05) is 0 Å². The number of hydrogen-bond donors (Lipinski definition) is 3. The maximum Gasteiger partial charge on any atom is 0.406 e. The van der Waals surface area contributed by atoms with E-state index < -0.39 is 55.9 Å². The molecule has 1 aromatic heterocycles. The molecule has 1 saturated carbocycles. The quantitative estimate of drug-likeness (QED) is 0.318. The molecule has 178 valence electrons. The summed E-state index contributed by atoms with van der Waals surface area (Å²) in [4.78, 5) is 26.4. The molecular formula is C19H28N3O8PS. The topological polar surface area (TPSA) is 141 Å². The molecule has 6 atom stereocenters. The standard InChI is InChI=1S/C19H28N3O8PS/c1-11(16(24)28-12-6-4-3-5-7-12)21-31(26)27-10-13-15(30-31)19(2,25)17(29-13)22-9-8-14(23)20-18(22)32/h8-9,11-13,15,17,25H,3-7,10H2,1-2H3,(H,21,26)(H,20,23,32)/t11-,13+,15-,17+,19?,31?/m0/s1/i10D2. The fourth-order valence-electron chi connectivity index (χ4n) is 4.09. The van der Waals surface area contributed by atoms with E-state index in [1.54, 1.807) is 0 Å². The highest BCUT2D eigenvalue weighted by atomic mass is 32.1. The summed E-state index contributed by atoms with van der Waals surface area (Å²) in [6.07, 6.45) is 1.35. The van der Waals surface area contributed by atoms with E-state index in [4.69, 9.17) is 33.5 Å². The third-order valence-electron chi connectivity index (χ3n) is 5.81. The van der Waals surface area contributed by atoms with Gasteiger partial charge in [-0.2, -0.15) is 0 Å². The van der Waals surface area contributed by atoms with E-state index in [1.165, 1.54) is 24.6 Å². The predicted molar refractivity (Wildman–Crippen MR) is 114 cm³/mol. The van der Waals surface area contributed by atoms with Gasteiger partial charge in [0.05, 0.1) is 9.30 Å². The van der Waals surface area contributed by atoms with E-state index in [-0.39, 0.29) is 10.9 Å². The second-order valence-electron chi connectivity index (χ2n) is 8.43. The van der Waals surface area contributed by atoms with Gasteiger partial charge in [-0.1, -0.05) is 6.42 Å². The molecular weight excluding hydrogens is 461 g/mol. The van der Waals surface area contributed by atoms with Crippen molar-refractivity contribution in [2.24, 2.45) is 0 Å². The molecule has 3 heterocycles. The van der Waals surface area contributed by atoms with Crippen LogP contribution in [0.15, 0.2) is 17.1 Å². The average molecular weight is 491 g/mol. The van der Waals surface area contributed by atoms with Gasteiger partial charge in [0.1, 0.15) is 30.0 Å². The van der Waals surface area contributed by atoms with Gasteiger partial charge >= 0.3 is 13.7 Å². The lowest BCUT2D eigenvalue weighted by atomic mass is 9.96. The van der Waals surface area contributed by atoms with Crippen molar-refractivity contribution in [1.29, 1.82) is 0 Å². The highest BCUT2D eigenvalue weighted by Crippen LogP contribution is 2.55. The number of carbonyl (C=O) groups is 1. The van der Waals surface area contributed by atoms with Crippen LogP contribution < -0.4 is 10.6 Å². The van der Waals surface area contributed by atoms with Crippen LogP contribution in [0.5, 0.6) is 0 Å². The summed E-state index contributed by atoms with van der Waals surface area (Å²) in [6.45, 7) is 0.0498. The lowest BCUT2D eigenvalue weighted by molar-refractivity contribution is -0.152. The SMILES string of the molecule is [2H]C1([2H])OP(=O)(N[C@@H](C)C(=O)OC2CCCCC2)O[C@H]2[C@@H]1O[C@@H](n1ccc(=O)[nH]c1=S)C2(C)O. The zero-order valence-corrected chi connectivity index (χ0v) is 19.4. The highest BCUT2D eigenvalue weighted by Gasteiger charge is 2.59. The maximum atomic E-state index is 13.4. The normalized spacial score (nSPS) is 38.9. The van der Waals surface area contributed by atoms with Crippen molar-refractivity contribution in [1.82, 2.24) is 14.6 Å². The fourth-order valence-corrected chi connectivity index (χ4v) is 5.95. The van der Waals surface area contributed by atoms with Crippen LogP contribution >= 0.6 is 20.0 Å². The average Bonchev–Trinajstić information content (AvgIpc) is 2.99. The number of nitrogens with zero attached hydrogens (tertiary/aromatic N) is 1. The molecule has 0 radical (unpaired) electrons. The van der Waals surface area contributed by atoms with Crippen LogP contribution in [0.2, 0.25) is 0 Å². The number of aliphatic hydroxyl groups is 1. The number of aromatic nitrogens is 2. The van der Waals surface area contributed by atoms with Crippen molar-refractivity contribution in [3.63, 3.8) is 0 Å². The molecule has 0 spiro atoms. The Kier molecular flexibility index (Phi) is 6.01. The first-order valence-electron chi connectivity index (χ1n) is 11.5. The monoisotopic (exact) mass is 491 g/mol. The van der Waals surface area contributed by atoms with Gasteiger partial charge in [-0.15, -0.1) is 0 Å². The molecule has 0 bridgehead atoms. The molecule has 4 rings (SSSR count). The number of fused-ring (bicyclic) bond motifs is 1. The van der Waals surface area contributed by atoms with E-state index in [2.05, 4.69) is 10.1 Å². The van der Waals surface area contributed by atoms with Crippen molar-refractivity contribution in [3.05, 3.63) is 27.4 Å². The van der Waals surface area contributed by atoms with E-state index in [0.29, 0.717) is 0 Å². The number of carbonyl (C=O) groups excluding carboxylic acids is 1. The zero-order chi connectivity index (χ0) is 24.9. The Morgan fingerprint density at radius 1 is 1.50 bits per heavy atom. The first-order chi connectivity index (χ1) is 15.8. The second kappa shape index (κ2) is 9.09. The van der Waals surface area contributed by atoms with Crippen molar-refractivity contribution in [2.75, 3.05) is 6.56 Å². The molecule has 2 saturated heterocycles. The fraction of sp³-hybridized carbons (Fsp3) is 0.737. The molecule has 1 aromatic rings. The molecule has 32 heavy (non-hydrogen) atoms. The van der Waals surface area contributed by atoms with Gasteiger partial charge in [0.25, 0.3) is 5.56 Å². The van der Waals surface area contributed by atoms with Crippen molar-refractivity contribution < 1.29 is 35.7 Å². The number of esters is 1. The summed E-state index contributed by atoms with van der Waals surface area (Å²) in [5.74, 6) is -0.663. The first kappa shape index (κ1) is 21.2. The number of aromatic amines is 1. The summed E-state index contributed by atoms with van der Waals surface area (Å²) in [6, 6.07) is 0.0333. The van der Waals surface area contributed by atoms with Crippen LogP contribution in [0.4, 0.5) is 0 Å². The molecule has 2 unspecified atom stereocenters. The number of nitrogens with one attached hydrogen (secondary N) is 2.